The minimum absolute atomic E-state index is 0.200. The van der Waals surface area contributed by atoms with Gasteiger partial charge in [0.25, 0.3) is 0 Å². The molecule has 6 nitrogen and oxygen atoms in total. The number of hydrogen-bond donors (Lipinski definition) is 0. The van der Waals surface area contributed by atoms with Gasteiger partial charge in [-0.2, -0.15) is 0 Å². The maximum Gasteiger partial charge on any atom is 0.316 e. The molecule has 0 N–H and O–H groups in total. The van der Waals surface area contributed by atoms with Gasteiger partial charge in [-0.15, -0.1) is 10.2 Å². The number of rotatable bonds is 4. The van der Waals surface area contributed by atoms with Gasteiger partial charge >= 0.3 is 5.97 Å². The van der Waals surface area contributed by atoms with Crippen molar-refractivity contribution in [3.05, 3.63) is 30.1 Å². The Labute approximate surface area is 124 Å². The van der Waals surface area contributed by atoms with E-state index in [0.717, 1.165) is 18.8 Å². The topological polar surface area (TPSA) is 60.2 Å². The number of aromatic nitrogens is 3. The zero-order chi connectivity index (χ0) is 14.8. The highest BCUT2D eigenvalue weighted by Crippen LogP contribution is 2.31. The number of carbonyl (C=O) groups excluding carboxylic acids is 1. The van der Waals surface area contributed by atoms with Gasteiger partial charge in [0, 0.05) is 18.8 Å². The van der Waals surface area contributed by atoms with Crippen molar-refractivity contribution in [2.24, 2.45) is 0 Å². The molecular weight excluding hydrogens is 295 g/mol. The van der Waals surface area contributed by atoms with Crippen LogP contribution in [0.2, 0.25) is 0 Å². The van der Waals surface area contributed by atoms with E-state index in [1.165, 1.54) is 31.0 Å². The van der Waals surface area contributed by atoms with Gasteiger partial charge in [-0.25, -0.2) is 4.39 Å². The number of benzene rings is 1. The Kier molecular flexibility index (Phi) is 3.78. The normalized spacial score (nSPS) is 13.3. The first-order chi connectivity index (χ1) is 10.2. The van der Waals surface area contributed by atoms with Crippen LogP contribution in [0.4, 0.5) is 16.0 Å². The Morgan fingerprint density at radius 1 is 1.33 bits per heavy atom. The minimum Gasteiger partial charge on any atom is -0.468 e. The SMILES string of the molecule is COC(=O)CSc1nnc2n1CCN2c1ccc(F)cc1. The number of nitrogens with zero attached hydrogens (tertiary/aromatic N) is 4. The molecule has 2 aromatic rings. The summed E-state index contributed by atoms with van der Waals surface area (Å²) in [6.45, 7) is 1.46. The second-order valence-electron chi connectivity index (χ2n) is 4.43. The maximum atomic E-state index is 13.0. The summed E-state index contributed by atoms with van der Waals surface area (Å²) in [4.78, 5) is 13.1. The van der Waals surface area contributed by atoms with Crippen LogP contribution in [0.3, 0.4) is 0 Å². The molecule has 0 spiro atoms. The lowest BCUT2D eigenvalue weighted by molar-refractivity contribution is -0.137. The highest BCUT2D eigenvalue weighted by atomic mass is 32.2. The van der Waals surface area contributed by atoms with Crippen molar-refractivity contribution in [3.63, 3.8) is 0 Å². The second-order valence-corrected chi connectivity index (χ2v) is 5.37. The molecule has 1 aliphatic rings. The Morgan fingerprint density at radius 3 is 2.81 bits per heavy atom. The summed E-state index contributed by atoms with van der Waals surface area (Å²) in [7, 11) is 1.35. The average Bonchev–Trinajstić information content (AvgIpc) is 3.08. The van der Waals surface area contributed by atoms with Crippen LogP contribution in [0.1, 0.15) is 0 Å². The second kappa shape index (κ2) is 5.72. The van der Waals surface area contributed by atoms with Gasteiger partial charge in [-0.1, -0.05) is 11.8 Å². The summed E-state index contributed by atoms with van der Waals surface area (Å²) >= 11 is 1.29. The fourth-order valence-corrected chi connectivity index (χ4v) is 2.92. The molecule has 3 rings (SSSR count). The third kappa shape index (κ3) is 2.71. The summed E-state index contributed by atoms with van der Waals surface area (Å²) in [6.07, 6.45) is 0. The fraction of sp³-hybridized carbons (Fsp3) is 0.308. The van der Waals surface area contributed by atoms with Crippen molar-refractivity contribution in [1.82, 2.24) is 14.8 Å². The average molecular weight is 308 g/mol. The first kappa shape index (κ1) is 13.9. The summed E-state index contributed by atoms with van der Waals surface area (Å²) in [5.41, 5.74) is 0.868. The molecule has 21 heavy (non-hydrogen) atoms. The van der Waals surface area contributed by atoms with Gasteiger partial charge in [-0.3, -0.25) is 9.36 Å². The van der Waals surface area contributed by atoms with E-state index < -0.39 is 0 Å². The number of carbonyl (C=O) groups is 1. The van der Waals surface area contributed by atoms with E-state index in [1.54, 1.807) is 12.1 Å². The van der Waals surface area contributed by atoms with E-state index >= 15 is 0 Å². The number of anilines is 2. The molecule has 0 saturated heterocycles. The zero-order valence-corrected chi connectivity index (χ0v) is 12.1. The first-order valence-electron chi connectivity index (χ1n) is 6.35. The standard InChI is InChI=1S/C13H13FN4O2S/c1-20-11(19)8-21-13-16-15-12-17(6-7-18(12)13)10-4-2-9(14)3-5-10/h2-5H,6-8H2,1H3. The van der Waals surface area contributed by atoms with Crippen LogP contribution in [-0.4, -0.2) is 40.1 Å². The summed E-state index contributed by atoms with van der Waals surface area (Å²) < 4.78 is 19.5. The van der Waals surface area contributed by atoms with Crippen LogP contribution in [0.25, 0.3) is 0 Å². The number of hydrogen-bond acceptors (Lipinski definition) is 6. The van der Waals surface area contributed by atoms with Gasteiger partial charge in [0.1, 0.15) is 5.82 Å². The van der Waals surface area contributed by atoms with Gasteiger partial charge in [0.05, 0.1) is 12.9 Å². The van der Waals surface area contributed by atoms with E-state index in [0.29, 0.717) is 11.1 Å². The van der Waals surface area contributed by atoms with E-state index in [4.69, 9.17) is 0 Å². The molecule has 1 aromatic heterocycles. The van der Waals surface area contributed by atoms with Crippen LogP contribution in [-0.2, 0) is 16.1 Å². The lowest BCUT2D eigenvalue weighted by atomic mass is 10.3. The van der Waals surface area contributed by atoms with Crippen LogP contribution < -0.4 is 4.90 Å². The zero-order valence-electron chi connectivity index (χ0n) is 11.3. The first-order valence-corrected chi connectivity index (χ1v) is 7.33. The molecule has 0 atom stereocenters. The number of thioether (sulfide) groups is 1. The van der Waals surface area contributed by atoms with Gasteiger partial charge in [-0.05, 0) is 24.3 Å². The van der Waals surface area contributed by atoms with E-state index in [-0.39, 0.29) is 17.5 Å². The van der Waals surface area contributed by atoms with E-state index in [1.807, 2.05) is 9.47 Å². The van der Waals surface area contributed by atoms with E-state index in [9.17, 15) is 9.18 Å². The smallest absolute Gasteiger partial charge is 0.316 e. The Morgan fingerprint density at radius 2 is 2.10 bits per heavy atom. The van der Waals surface area contributed by atoms with Crippen molar-refractivity contribution >= 4 is 29.4 Å². The molecule has 110 valence electrons. The number of ether oxygens (including phenoxy) is 1. The van der Waals surface area contributed by atoms with Crippen LogP contribution >= 0.6 is 11.8 Å². The third-order valence-electron chi connectivity index (χ3n) is 3.17. The number of halogens is 1. The Bertz CT molecular complexity index is 659. The largest absolute Gasteiger partial charge is 0.468 e. The lowest BCUT2D eigenvalue weighted by Gasteiger charge is -2.14. The Balaban J connectivity index is 1.79. The van der Waals surface area contributed by atoms with Crippen LogP contribution in [0, 0.1) is 5.82 Å². The molecule has 0 radical (unpaired) electrons. The van der Waals surface area contributed by atoms with Crippen molar-refractivity contribution < 1.29 is 13.9 Å². The molecule has 8 heteroatoms. The van der Waals surface area contributed by atoms with Gasteiger partial charge in [0.15, 0.2) is 5.16 Å². The predicted molar refractivity (Wildman–Crippen MR) is 76.2 cm³/mol. The van der Waals surface area contributed by atoms with Crippen molar-refractivity contribution in [2.45, 2.75) is 11.7 Å². The third-order valence-corrected chi connectivity index (χ3v) is 4.11. The molecule has 0 aliphatic carbocycles. The number of esters is 1. The van der Waals surface area contributed by atoms with E-state index in [2.05, 4.69) is 14.9 Å². The van der Waals surface area contributed by atoms with Crippen molar-refractivity contribution in [1.29, 1.82) is 0 Å². The minimum atomic E-state index is -0.300. The molecule has 0 fully saturated rings. The quantitative estimate of drug-likeness (QED) is 0.634. The molecule has 1 aromatic carbocycles. The van der Waals surface area contributed by atoms with Crippen LogP contribution in [0.5, 0.6) is 0 Å². The molecule has 2 heterocycles. The Hall–Kier alpha value is -2.09. The summed E-state index contributed by atoms with van der Waals surface area (Å²) in [5.74, 6) is 0.332. The monoisotopic (exact) mass is 308 g/mol. The van der Waals surface area contributed by atoms with Crippen LogP contribution in [0.15, 0.2) is 29.4 Å². The van der Waals surface area contributed by atoms with Gasteiger partial charge < -0.3 is 9.64 Å². The molecular formula is C13H13FN4O2S. The highest BCUT2D eigenvalue weighted by molar-refractivity contribution is 7.99. The molecule has 0 amide bonds. The van der Waals surface area contributed by atoms with Crippen molar-refractivity contribution in [2.75, 3.05) is 24.3 Å². The lowest BCUT2D eigenvalue weighted by Crippen LogP contribution is -2.14. The molecule has 0 unspecified atom stereocenters. The summed E-state index contributed by atoms with van der Waals surface area (Å²) in [6, 6.07) is 6.25. The fourth-order valence-electron chi connectivity index (χ4n) is 2.13. The molecule has 1 aliphatic heterocycles. The van der Waals surface area contributed by atoms with Gasteiger partial charge in [0.2, 0.25) is 5.95 Å². The maximum absolute atomic E-state index is 13.0. The predicted octanol–water partition coefficient (Wildman–Crippen LogP) is 1.83. The highest BCUT2D eigenvalue weighted by Gasteiger charge is 2.26. The molecule has 0 saturated carbocycles. The number of methoxy groups -OCH3 is 1. The van der Waals surface area contributed by atoms with Crippen molar-refractivity contribution in [3.8, 4) is 0 Å². The summed E-state index contributed by atoms with van der Waals surface area (Å²) in [5, 5.41) is 8.92. The molecule has 0 bridgehead atoms. The number of fused-ring (bicyclic) bond motifs is 1.